The molecule has 0 radical (unpaired) electrons. The van der Waals surface area contributed by atoms with E-state index < -0.39 is 0 Å². The van der Waals surface area contributed by atoms with E-state index in [1.165, 1.54) is 23.1 Å². The number of hydrogen-bond donors (Lipinski definition) is 0. The Labute approximate surface area is 98.6 Å². The van der Waals surface area contributed by atoms with Gasteiger partial charge in [-0.2, -0.15) is 0 Å². The van der Waals surface area contributed by atoms with Crippen LogP contribution in [0.2, 0.25) is 0 Å². The Hall–Kier alpha value is -0.850. The van der Waals surface area contributed by atoms with E-state index in [1.807, 2.05) is 0 Å². The van der Waals surface area contributed by atoms with Gasteiger partial charge in [-0.3, -0.25) is 4.79 Å². The molecule has 2 rings (SSSR count). The minimum Gasteiger partial charge on any atom is -0.295 e. The quantitative estimate of drug-likeness (QED) is 0.610. The van der Waals surface area contributed by atoms with Crippen LogP contribution in [0.15, 0.2) is 23.3 Å². The van der Waals surface area contributed by atoms with Crippen LogP contribution in [-0.2, 0) is 4.79 Å². The van der Waals surface area contributed by atoms with Gasteiger partial charge in [0.1, 0.15) is 0 Å². The second kappa shape index (κ2) is 4.20. The second-order valence-corrected chi connectivity index (χ2v) is 5.69. The number of carbonyl (C=O) groups is 1. The molecule has 0 fully saturated rings. The number of hydrogen-bond acceptors (Lipinski definition) is 1. The molecule has 2 aliphatic carbocycles. The molecule has 3 atom stereocenters. The van der Waals surface area contributed by atoms with E-state index in [4.69, 9.17) is 0 Å². The zero-order valence-corrected chi connectivity index (χ0v) is 10.7. The van der Waals surface area contributed by atoms with Gasteiger partial charge in [-0.15, -0.1) is 0 Å². The van der Waals surface area contributed by atoms with Crippen molar-refractivity contribution < 1.29 is 4.79 Å². The summed E-state index contributed by atoms with van der Waals surface area (Å²) in [5, 5.41) is 0. The number of carbonyl (C=O) groups excluding carboxylic acids is 1. The van der Waals surface area contributed by atoms with Gasteiger partial charge in [-0.1, -0.05) is 31.6 Å². The standard InChI is InChI=1S/C15H22O/c1-9(2)12-6-5-10(3)15-13(8-12)11(4)7-14(15)16/h10-12H,1,5-8H2,2-4H3/t10-,11-,12+/m0/s1. The molecule has 2 aliphatic rings. The van der Waals surface area contributed by atoms with E-state index in [2.05, 4.69) is 27.4 Å². The fraction of sp³-hybridized carbons (Fsp3) is 0.667. The molecule has 0 spiro atoms. The van der Waals surface area contributed by atoms with Gasteiger partial charge in [-0.25, -0.2) is 0 Å². The van der Waals surface area contributed by atoms with Gasteiger partial charge in [0.2, 0.25) is 0 Å². The lowest BCUT2D eigenvalue weighted by atomic mass is 9.87. The molecule has 0 bridgehead atoms. The summed E-state index contributed by atoms with van der Waals surface area (Å²) in [4.78, 5) is 12.0. The monoisotopic (exact) mass is 218 g/mol. The summed E-state index contributed by atoms with van der Waals surface area (Å²) in [6.45, 7) is 10.6. The van der Waals surface area contributed by atoms with Crippen LogP contribution in [0.5, 0.6) is 0 Å². The van der Waals surface area contributed by atoms with Crippen LogP contribution in [0.3, 0.4) is 0 Å². The molecule has 16 heavy (non-hydrogen) atoms. The van der Waals surface area contributed by atoms with Gasteiger partial charge in [0.25, 0.3) is 0 Å². The van der Waals surface area contributed by atoms with Crippen molar-refractivity contribution >= 4 is 5.78 Å². The van der Waals surface area contributed by atoms with Gasteiger partial charge in [0.05, 0.1) is 0 Å². The third-order valence-corrected chi connectivity index (χ3v) is 4.34. The molecule has 88 valence electrons. The molecule has 0 saturated heterocycles. The maximum absolute atomic E-state index is 12.0. The van der Waals surface area contributed by atoms with Crippen molar-refractivity contribution in [1.82, 2.24) is 0 Å². The zero-order chi connectivity index (χ0) is 11.9. The van der Waals surface area contributed by atoms with Crippen LogP contribution < -0.4 is 0 Å². The average molecular weight is 218 g/mol. The Morgan fingerprint density at radius 1 is 1.19 bits per heavy atom. The Balaban J connectivity index is 2.33. The lowest BCUT2D eigenvalue weighted by Gasteiger charge is -2.17. The van der Waals surface area contributed by atoms with E-state index >= 15 is 0 Å². The minimum atomic E-state index is 0.414. The molecule has 0 aromatic rings. The molecule has 1 heteroatoms. The predicted molar refractivity (Wildman–Crippen MR) is 67.1 cm³/mol. The Kier molecular flexibility index (Phi) is 3.05. The van der Waals surface area contributed by atoms with Crippen LogP contribution in [0.1, 0.15) is 46.5 Å². The van der Waals surface area contributed by atoms with Crippen molar-refractivity contribution in [3.05, 3.63) is 23.3 Å². The van der Waals surface area contributed by atoms with Gasteiger partial charge in [0, 0.05) is 6.42 Å². The molecule has 0 aromatic carbocycles. The van der Waals surface area contributed by atoms with E-state index in [-0.39, 0.29) is 0 Å². The van der Waals surface area contributed by atoms with Crippen molar-refractivity contribution in [2.45, 2.75) is 46.5 Å². The summed E-state index contributed by atoms with van der Waals surface area (Å²) >= 11 is 0. The first kappa shape index (κ1) is 11.6. The third kappa shape index (κ3) is 1.88. The van der Waals surface area contributed by atoms with Gasteiger partial charge < -0.3 is 0 Å². The summed E-state index contributed by atoms with van der Waals surface area (Å²) in [6.07, 6.45) is 4.18. The molecule has 0 amide bonds. The summed E-state index contributed by atoms with van der Waals surface area (Å²) < 4.78 is 0. The first-order valence-electron chi connectivity index (χ1n) is 6.42. The summed E-state index contributed by atoms with van der Waals surface area (Å²) in [7, 11) is 0. The van der Waals surface area contributed by atoms with Crippen LogP contribution in [-0.4, -0.2) is 5.78 Å². The van der Waals surface area contributed by atoms with E-state index in [0.717, 1.165) is 19.3 Å². The summed E-state index contributed by atoms with van der Waals surface area (Å²) in [5.41, 5.74) is 3.91. The highest BCUT2D eigenvalue weighted by atomic mass is 16.1. The predicted octanol–water partition coefficient (Wildman–Crippen LogP) is 3.90. The number of ketones is 1. The maximum Gasteiger partial charge on any atom is 0.159 e. The van der Waals surface area contributed by atoms with E-state index in [0.29, 0.717) is 23.5 Å². The minimum absolute atomic E-state index is 0.414. The SMILES string of the molecule is C=C(C)[C@@H]1CC[C@H](C)C2=C(C1)[C@@H](C)CC2=O. The highest BCUT2D eigenvalue weighted by Crippen LogP contribution is 2.43. The van der Waals surface area contributed by atoms with Crippen molar-refractivity contribution in [3.63, 3.8) is 0 Å². The average Bonchev–Trinajstić information content (AvgIpc) is 2.39. The van der Waals surface area contributed by atoms with Gasteiger partial charge >= 0.3 is 0 Å². The molecular weight excluding hydrogens is 196 g/mol. The number of allylic oxidation sites excluding steroid dienone is 3. The first-order valence-corrected chi connectivity index (χ1v) is 6.42. The molecule has 0 saturated carbocycles. The summed E-state index contributed by atoms with van der Waals surface area (Å²) in [5.74, 6) is 1.96. The van der Waals surface area contributed by atoms with Gasteiger partial charge in [-0.05, 0) is 49.5 Å². The summed E-state index contributed by atoms with van der Waals surface area (Å²) in [6, 6.07) is 0. The molecule has 0 unspecified atom stereocenters. The normalized spacial score (nSPS) is 34.9. The van der Waals surface area contributed by atoms with Crippen LogP contribution in [0, 0.1) is 17.8 Å². The highest BCUT2D eigenvalue weighted by molar-refractivity contribution is 5.99. The highest BCUT2D eigenvalue weighted by Gasteiger charge is 2.35. The smallest absolute Gasteiger partial charge is 0.159 e. The maximum atomic E-state index is 12.0. The lowest BCUT2D eigenvalue weighted by Crippen LogP contribution is -2.07. The van der Waals surface area contributed by atoms with Crippen molar-refractivity contribution in [1.29, 1.82) is 0 Å². The molecule has 1 nitrogen and oxygen atoms in total. The van der Waals surface area contributed by atoms with E-state index in [9.17, 15) is 4.79 Å². The lowest BCUT2D eigenvalue weighted by molar-refractivity contribution is -0.115. The number of Topliss-reactive ketones (excluding diaryl/α,β-unsaturated/α-hetero) is 1. The fourth-order valence-electron chi connectivity index (χ4n) is 3.24. The molecule has 0 aromatic heterocycles. The number of rotatable bonds is 1. The third-order valence-electron chi connectivity index (χ3n) is 4.34. The Morgan fingerprint density at radius 2 is 1.88 bits per heavy atom. The van der Waals surface area contributed by atoms with Crippen LogP contribution in [0.4, 0.5) is 0 Å². The molecule has 0 heterocycles. The van der Waals surface area contributed by atoms with Crippen molar-refractivity contribution in [3.8, 4) is 0 Å². The zero-order valence-electron chi connectivity index (χ0n) is 10.7. The van der Waals surface area contributed by atoms with Crippen LogP contribution in [0.25, 0.3) is 0 Å². The van der Waals surface area contributed by atoms with Gasteiger partial charge in [0.15, 0.2) is 5.78 Å². The Morgan fingerprint density at radius 3 is 2.50 bits per heavy atom. The van der Waals surface area contributed by atoms with Crippen molar-refractivity contribution in [2.75, 3.05) is 0 Å². The molecule has 0 aliphatic heterocycles. The molecular formula is C15H22O. The van der Waals surface area contributed by atoms with Crippen LogP contribution >= 0.6 is 0 Å². The van der Waals surface area contributed by atoms with E-state index in [1.54, 1.807) is 0 Å². The second-order valence-electron chi connectivity index (χ2n) is 5.69. The first-order chi connectivity index (χ1) is 7.50. The molecule has 0 N–H and O–H groups in total. The Bertz CT molecular complexity index is 362. The van der Waals surface area contributed by atoms with Crippen molar-refractivity contribution in [2.24, 2.45) is 17.8 Å². The fourth-order valence-corrected chi connectivity index (χ4v) is 3.24. The topological polar surface area (TPSA) is 17.1 Å². The largest absolute Gasteiger partial charge is 0.295 e.